The van der Waals surface area contributed by atoms with E-state index >= 15 is 0 Å². The molecule has 15 N–H and O–H groups in total. The number of ether oxygens (including phenoxy) is 1. The minimum atomic E-state index is -2.55. The third-order valence-corrected chi connectivity index (χ3v) is 16.7. The molecule has 8 rings (SSSR count). The van der Waals surface area contributed by atoms with Crippen LogP contribution >= 0.6 is 12.3 Å². The number of unbranched alkanes of at least 4 members (excludes halogenated alkanes) is 3. The Balaban J connectivity index is 0.0000130. The molecule has 512 valence electrons. The van der Waals surface area contributed by atoms with Crippen LogP contribution in [0.2, 0.25) is 0 Å². The number of hydrogen-bond acceptors (Lipinski definition) is 25. The number of nitrogens with two attached hydrogens (primary N) is 1. The standard InChI is InChI=1S/C62H76N10O22S.Na/c1-4-5-6-7-22-90-40-19-16-33(17-20-40)32-8-12-35(13-9-32)59-69-70-60(91-59)36-14-10-34(11-15-36)54(82)65-41-24-38(74)27-64-58(86)50-51(79)30(2)28-72(50)62(88)48(44(77)26-46(63)78)67-57(85)49(53(81)52(80)37-18-21-43(76)45(23-37)92-95-94-93-89)68-56(84)42-25-39(75)29-71(42)61(87)47(31(3)73)66-55(41)83;/h8-21,23,30-31,38-39,41-42,44,47-53,73-77,79-81,89H,4-7,22,24-29H2,1-3H3,(H2,63,78)(H,64,86)(H,65,82)(H,66,83)(H,67,85)(H,68,84);/q;+1/p-1/t30?,31?,38?,39?,41-,42?,44?,47?,48?,49?,50?,51?,52?,53?;/m0./s1. The van der Waals surface area contributed by atoms with Gasteiger partial charge in [0.15, 0.2) is 11.5 Å². The van der Waals surface area contributed by atoms with Crippen LogP contribution in [0.4, 0.5) is 0 Å². The van der Waals surface area contributed by atoms with Crippen molar-refractivity contribution in [3.05, 3.63) is 102 Å². The summed E-state index contributed by atoms with van der Waals surface area (Å²) < 4.78 is 20.9. The van der Waals surface area contributed by atoms with Gasteiger partial charge in [0.1, 0.15) is 54.2 Å². The molecule has 0 radical (unpaired) electrons. The van der Waals surface area contributed by atoms with E-state index in [1.807, 2.05) is 48.5 Å². The van der Waals surface area contributed by atoms with E-state index in [4.69, 9.17) is 19.1 Å². The smallest absolute Gasteiger partial charge is 0.691 e. The third-order valence-electron chi connectivity index (χ3n) is 16.3. The number of phenolic OH excluding ortho intramolecular Hbond substituents is 1. The van der Waals surface area contributed by atoms with Crippen molar-refractivity contribution in [1.82, 2.24) is 46.6 Å². The number of rotatable bonds is 22. The largest absolute Gasteiger partial charge is 1.00 e. The van der Waals surface area contributed by atoms with E-state index in [9.17, 15) is 84.5 Å². The molecule has 0 spiro atoms. The average Bonchev–Trinajstić information content (AvgIpc) is 1.60. The van der Waals surface area contributed by atoms with Crippen LogP contribution in [0.25, 0.3) is 34.0 Å². The number of aliphatic hydroxyl groups excluding tert-OH is 7. The summed E-state index contributed by atoms with van der Waals surface area (Å²) in [7, 11) is 0. The second-order valence-electron chi connectivity index (χ2n) is 23.3. The second-order valence-corrected chi connectivity index (χ2v) is 23.8. The van der Waals surface area contributed by atoms with E-state index in [0.717, 1.165) is 66.2 Å². The van der Waals surface area contributed by atoms with Gasteiger partial charge in [-0.25, -0.2) is 0 Å². The van der Waals surface area contributed by atoms with Crippen molar-refractivity contribution in [3.63, 3.8) is 0 Å². The van der Waals surface area contributed by atoms with Crippen LogP contribution in [-0.4, -0.2) is 207 Å². The van der Waals surface area contributed by atoms with Gasteiger partial charge in [0, 0.05) is 55.1 Å². The Bertz CT molecular complexity index is 3500. The number of phenols is 1. The molecule has 5 aromatic rings. The van der Waals surface area contributed by atoms with E-state index < -0.39 is 183 Å². The number of benzene rings is 4. The summed E-state index contributed by atoms with van der Waals surface area (Å²) in [6.45, 7) is 3.43. The van der Waals surface area contributed by atoms with Crippen molar-refractivity contribution in [2.75, 3.05) is 26.2 Å². The first-order chi connectivity index (χ1) is 45.4. The summed E-state index contributed by atoms with van der Waals surface area (Å²) in [6, 6.07) is 11.4. The number of primary amides is 1. The van der Waals surface area contributed by atoms with Gasteiger partial charge in [0.05, 0.1) is 43.5 Å². The van der Waals surface area contributed by atoms with Crippen molar-refractivity contribution in [1.29, 1.82) is 0 Å². The van der Waals surface area contributed by atoms with Crippen molar-refractivity contribution in [2.45, 2.75) is 145 Å². The van der Waals surface area contributed by atoms with Gasteiger partial charge in [-0.2, -0.15) is 0 Å². The molecule has 0 aliphatic carbocycles. The molecule has 34 heteroatoms. The predicted octanol–water partition coefficient (Wildman–Crippen LogP) is -4.78. The molecule has 14 atom stereocenters. The number of aliphatic hydroxyl groups is 7. The van der Waals surface area contributed by atoms with Crippen LogP contribution in [0, 0.1) is 5.92 Å². The number of β-amino-alcohol motifs (C(OH)–C–C–N with tert-alkyl or cyclic N) is 1. The molecule has 0 saturated carbocycles. The normalized spacial score (nSPS) is 24.3. The number of carbonyl (C=O) groups excluding carboxylic acids is 8. The first-order valence-corrected chi connectivity index (χ1v) is 31.1. The molecule has 96 heavy (non-hydrogen) atoms. The van der Waals surface area contributed by atoms with Gasteiger partial charge in [-0.1, -0.05) is 63.4 Å². The maximum Gasteiger partial charge on any atom is 1.00 e. The van der Waals surface area contributed by atoms with E-state index in [0.29, 0.717) is 22.6 Å². The molecule has 4 heterocycles. The van der Waals surface area contributed by atoms with Gasteiger partial charge in [0.2, 0.25) is 53.1 Å². The molecule has 1 aromatic heterocycles. The Hall–Kier alpha value is -7.87. The van der Waals surface area contributed by atoms with E-state index in [2.05, 4.69) is 53.1 Å². The fourth-order valence-corrected chi connectivity index (χ4v) is 11.4. The molecule has 3 aliphatic heterocycles. The van der Waals surface area contributed by atoms with Crippen molar-refractivity contribution in [3.8, 4) is 51.3 Å². The number of nitrogens with zero attached hydrogens (tertiary/aromatic N) is 4. The van der Waals surface area contributed by atoms with Gasteiger partial charge in [0.25, 0.3) is 18.2 Å². The summed E-state index contributed by atoms with van der Waals surface area (Å²) in [5.74, 6) is -11.1. The summed E-state index contributed by atoms with van der Waals surface area (Å²) in [6.07, 6.45) is -11.9. The molecule has 8 amide bonds. The Labute approximate surface area is 575 Å². The number of nitrogens with one attached hydrogen (secondary N) is 5. The molecule has 3 fully saturated rings. The summed E-state index contributed by atoms with van der Waals surface area (Å²) in [4.78, 5) is 115. The minimum Gasteiger partial charge on any atom is -0.691 e. The van der Waals surface area contributed by atoms with Gasteiger partial charge >= 0.3 is 29.6 Å². The fourth-order valence-electron chi connectivity index (χ4n) is 11.2. The van der Waals surface area contributed by atoms with Crippen LogP contribution in [0.15, 0.2) is 95.4 Å². The molecular formula is C62H75N10NaO22S. The van der Waals surface area contributed by atoms with Crippen LogP contribution in [0.5, 0.6) is 17.2 Å². The Morgan fingerprint density at radius 3 is 1.98 bits per heavy atom. The predicted molar refractivity (Wildman–Crippen MR) is 329 cm³/mol. The molecule has 0 bridgehead atoms. The van der Waals surface area contributed by atoms with Crippen molar-refractivity contribution < 1.29 is 137 Å². The zero-order valence-corrected chi connectivity index (χ0v) is 55.4. The van der Waals surface area contributed by atoms with Gasteiger partial charge in [-0.05, 0) is 90.7 Å². The quantitative estimate of drug-likeness (QED) is 0.0102. The van der Waals surface area contributed by atoms with E-state index in [-0.39, 0.29) is 64.8 Å². The maximum atomic E-state index is 14.7. The molecule has 3 saturated heterocycles. The minimum absolute atomic E-state index is 0. The third kappa shape index (κ3) is 19.0. The van der Waals surface area contributed by atoms with E-state index in [1.54, 1.807) is 0 Å². The number of carbonyl (C=O) groups is 8. The van der Waals surface area contributed by atoms with Crippen LogP contribution in [-0.2, 0) is 42.9 Å². The van der Waals surface area contributed by atoms with Crippen LogP contribution in [0.3, 0.4) is 0 Å². The van der Waals surface area contributed by atoms with Crippen LogP contribution < -0.4 is 76.1 Å². The summed E-state index contributed by atoms with van der Waals surface area (Å²) in [5.41, 5.74) is 7.85. The summed E-state index contributed by atoms with van der Waals surface area (Å²) in [5, 5.41) is 124. The fraction of sp³-hybridized carbons (Fsp3) is 0.452. The number of hydrogen-bond donors (Lipinski definition) is 14. The van der Waals surface area contributed by atoms with Gasteiger partial charge in [-0.3, -0.25) is 43.4 Å². The zero-order chi connectivity index (χ0) is 68.8. The topological polar surface area (TPSA) is 490 Å². The number of fused-ring (bicyclic) bond motifs is 2. The number of aromatic nitrogens is 2. The molecular weight excluding hydrogens is 1290 g/mol. The monoisotopic (exact) mass is 1370 g/mol. The molecule has 32 nitrogen and oxygen atoms in total. The van der Waals surface area contributed by atoms with E-state index in [1.165, 1.54) is 37.6 Å². The Kier molecular flexibility index (Phi) is 27.4. The number of amides is 8. The van der Waals surface area contributed by atoms with Crippen LogP contribution in [0.1, 0.15) is 87.7 Å². The molecule has 4 aromatic carbocycles. The second kappa shape index (κ2) is 34.9. The first-order valence-electron chi connectivity index (χ1n) is 30.4. The SMILES string of the molecule is CCCCCCOc1ccc(-c2ccc(-c3nnc(-c4ccc(C(=O)N[C@H]5CC(O)CNC(=O)C6C(O)C(C)CN6C(=O)C(C(O)CC(N)=O)NC(=O)C(C(O)C(O)c6ccc(O)c(OSOO[O-])c6)NC(=O)C6CC(O)CN6C(=O)C(C(C)O)NC5=O)cc4)o3)cc2)cc1.[Na+]. The van der Waals surface area contributed by atoms with Gasteiger partial charge < -0.3 is 102 Å². The average molecular weight is 1370 g/mol. The number of aromatic hydroxyl groups is 1. The zero-order valence-electron chi connectivity index (χ0n) is 52.6. The molecule has 3 aliphatic rings. The Morgan fingerprint density at radius 1 is 0.750 bits per heavy atom. The Morgan fingerprint density at radius 2 is 1.35 bits per heavy atom. The van der Waals surface area contributed by atoms with Gasteiger partial charge in [-0.15, -0.1) is 14.5 Å². The molecule has 13 unspecified atom stereocenters. The summed E-state index contributed by atoms with van der Waals surface area (Å²) >= 11 is -0.0890. The van der Waals surface area contributed by atoms with Crippen molar-refractivity contribution >= 4 is 59.6 Å². The van der Waals surface area contributed by atoms with Crippen molar-refractivity contribution in [2.24, 2.45) is 11.7 Å². The first kappa shape index (κ1) is 75.5. The maximum absolute atomic E-state index is 14.7.